The van der Waals surface area contributed by atoms with E-state index in [1.54, 1.807) is 7.11 Å². The summed E-state index contributed by atoms with van der Waals surface area (Å²) in [6.45, 7) is 6.86. The van der Waals surface area contributed by atoms with Gasteiger partial charge in [0.25, 0.3) is 0 Å². The zero-order chi connectivity index (χ0) is 26.3. The molecule has 38 heavy (non-hydrogen) atoms. The first kappa shape index (κ1) is 25.9. The van der Waals surface area contributed by atoms with Gasteiger partial charge in [0.1, 0.15) is 6.10 Å². The molecule has 2 aliphatic carbocycles. The number of methoxy groups -OCH3 is 1. The second-order valence-electron chi connectivity index (χ2n) is 12.1. The van der Waals surface area contributed by atoms with E-state index >= 15 is 0 Å². The van der Waals surface area contributed by atoms with Gasteiger partial charge in [0.15, 0.2) is 11.5 Å². The van der Waals surface area contributed by atoms with E-state index in [1.807, 2.05) is 6.08 Å². The van der Waals surface area contributed by atoms with Crippen LogP contribution in [0.1, 0.15) is 61.6 Å². The van der Waals surface area contributed by atoms with Crippen LogP contribution in [0.3, 0.4) is 0 Å². The van der Waals surface area contributed by atoms with Crippen molar-refractivity contribution in [2.45, 2.75) is 87.0 Å². The molecule has 2 fully saturated rings. The fraction of sp³-hybridized carbons (Fsp3) is 0.576. The summed E-state index contributed by atoms with van der Waals surface area (Å²) in [4.78, 5) is 4.99. The van der Waals surface area contributed by atoms with Crippen molar-refractivity contribution in [1.29, 1.82) is 0 Å². The van der Waals surface area contributed by atoms with Crippen molar-refractivity contribution in [3.05, 3.63) is 71.8 Å². The standard InChI is InChI=1S/C33H44N2O3/c1-4-20-35-22-19-32-29-25-15-16-27(37-3)30(29)38-31(32)26(17-18-33(32,36)28(35)23-25)34(2)21-11-6-5-8-12-24-13-9-7-10-14-24/h4,7,9-10,13-16,26,28,31,36H,1,5-6,8,11-12,17-23H2,2-3H3/t26-,28+,31-,32-,33+/m0/s1. The Labute approximate surface area is 228 Å². The van der Waals surface area contributed by atoms with Crippen molar-refractivity contribution in [3.8, 4) is 11.5 Å². The number of aryl methyl sites for hydroxylation is 1. The minimum absolute atomic E-state index is 0.0527. The first-order valence-electron chi connectivity index (χ1n) is 14.7. The van der Waals surface area contributed by atoms with E-state index in [4.69, 9.17) is 9.47 Å². The summed E-state index contributed by atoms with van der Waals surface area (Å²) in [5.74, 6) is 1.70. The number of likely N-dealkylation sites (tertiary alicyclic amines) is 1. The monoisotopic (exact) mass is 516 g/mol. The SMILES string of the molecule is C=CCN1CC[C@]23c4c5ccc(OC)c4O[C@H]2[C@@H](N(C)CCCCCCc2ccccc2)CC[C@@]3(O)[C@H]1C5. The van der Waals surface area contributed by atoms with Gasteiger partial charge in [0.2, 0.25) is 0 Å². The van der Waals surface area contributed by atoms with E-state index in [9.17, 15) is 5.11 Å². The van der Waals surface area contributed by atoms with E-state index in [2.05, 4.69) is 65.9 Å². The maximum atomic E-state index is 12.6. The van der Waals surface area contributed by atoms with Gasteiger partial charge in [-0.15, -0.1) is 6.58 Å². The maximum Gasteiger partial charge on any atom is 0.165 e. The highest BCUT2D eigenvalue weighted by molar-refractivity contribution is 5.63. The van der Waals surface area contributed by atoms with Crippen molar-refractivity contribution in [2.24, 2.45) is 0 Å². The van der Waals surface area contributed by atoms with Crippen LogP contribution in [0.15, 0.2) is 55.1 Å². The molecule has 4 aliphatic rings. The van der Waals surface area contributed by atoms with Gasteiger partial charge in [-0.3, -0.25) is 9.80 Å². The predicted molar refractivity (Wildman–Crippen MR) is 152 cm³/mol. The second-order valence-corrected chi connectivity index (χ2v) is 12.1. The van der Waals surface area contributed by atoms with Crippen molar-refractivity contribution in [2.75, 3.05) is 33.8 Å². The number of aliphatic hydroxyl groups is 1. The molecular formula is C33H44N2O3. The molecule has 0 unspecified atom stereocenters. The number of likely N-dealkylation sites (N-methyl/N-ethyl adjacent to an activating group) is 1. The number of nitrogens with zero attached hydrogens (tertiary/aromatic N) is 2. The van der Waals surface area contributed by atoms with Gasteiger partial charge in [0.05, 0.1) is 18.1 Å². The average Bonchev–Trinajstić information content (AvgIpc) is 3.28. The summed E-state index contributed by atoms with van der Waals surface area (Å²) in [5.41, 5.74) is 2.85. The molecule has 2 bridgehead atoms. The van der Waals surface area contributed by atoms with Gasteiger partial charge in [-0.25, -0.2) is 0 Å². The summed E-state index contributed by atoms with van der Waals surface area (Å²) in [6.07, 6.45) is 11.6. The Bertz CT molecular complexity index is 1150. The van der Waals surface area contributed by atoms with Crippen LogP contribution in [-0.2, 0) is 18.3 Å². The van der Waals surface area contributed by atoms with Crippen LogP contribution < -0.4 is 9.47 Å². The third-order valence-electron chi connectivity index (χ3n) is 10.2. The third kappa shape index (κ3) is 3.92. The molecule has 5 heteroatoms. The highest BCUT2D eigenvalue weighted by Gasteiger charge is 2.73. The fourth-order valence-electron chi connectivity index (χ4n) is 8.45. The van der Waals surface area contributed by atoms with Crippen LogP contribution in [0, 0.1) is 0 Å². The molecule has 6 rings (SSSR count). The normalized spacial score (nSPS) is 31.1. The molecule has 0 aromatic heterocycles. The highest BCUT2D eigenvalue weighted by atomic mass is 16.5. The van der Waals surface area contributed by atoms with Gasteiger partial charge in [-0.2, -0.15) is 0 Å². The molecule has 1 spiro atoms. The van der Waals surface area contributed by atoms with E-state index in [0.29, 0.717) is 0 Å². The lowest BCUT2D eigenvalue weighted by Gasteiger charge is -2.64. The van der Waals surface area contributed by atoms with Crippen LogP contribution in [0.2, 0.25) is 0 Å². The second kappa shape index (κ2) is 10.3. The summed E-state index contributed by atoms with van der Waals surface area (Å²) < 4.78 is 12.7. The van der Waals surface area contributed by atoms with Gasteiger partial charge in [-0.1, -0.05) is 55.3 Å². The van der Waals surface area contributed by atoms with E-state index in [-0.39, 0.29) is 23.6 Å². The van der Waals surface area contributed by atoms with Crippen molar-refractivity contribution in [1.82, 2.24) is 9.80 Å². The quantitative estimate of drug-likeness (QED) is 0.331. The zero-order valence-corrected chi connectivity index (χ0v) is 23.2. The summed E-state index contributed by atoms with van der Waals surface area (Å²) in [5, 5.41) is 12.6. The average molecular weight is 517 g/mol. The zero-order valence-electron chi connectivity index (χ0n) is 23.2. The topological polar surface area (TPSA) is 45.2 Å². The number of piperidine rings is 1. The number of benzene rings is 2. The Hall–Kier alpha value is -2.34. The summed E-state index contributed by atoms with van der Waals surface area (Å²) in [6, 6.07) is 15.5. The van der Waals surface area contributed by atoms with Gasteiger partial charge < -0.3 is 14.6 Å². The molecular weight excluding hydrogens is 472 g/mol. The van der Waals surface area contributed by atoms with E-state index in [0.717, 1.165) is 56.8 Å². The maximum absolute atomic E-state index is 12.6. The number of hydrogen-bond donors (Lipinski definition) is 1. The van der Waals surface area contributed by atoms with Crippen LogP contribution in [0.25, 0.3) is 0 Å². The molecule has 1 saturated heterocycles. The molecule has 1 saturated carbocycles. The Balaban J connectivity index is 1.19. The Morgan fingerprint density at radius 3 is 2.74 bits per heavy atom. The smallest absolute Gasteiger partial charge is 0.165 e. The summed E-state index contributed by atoms with van der Waals surface area (Å²) >= 11 is 0. The molecule has 5 nitrogen and oxygen atoms in total. The molecule has 204 valence electrons. The van der Waals surface area contributed by atoms with Crippen LogP contribution in [0.5, 0.6) is 11.5 Å². The molecule has 1 N–H and O–H groups in total. The number of ether oxygens (including phenoxy) is 2. The van der Waals surface area contributed by atoms with Gasteiger partial charge in [-0.05, 0) is 82.3 Å². The van der Waals surface area contributed by atoms with Crippen molar-refractivity contribution < 1.29 is 14.6 Å². The molecule has 5 atom stereocenters. The lowest BCUT2D eigenvalue weighted by atomic mass is 9.48. The van der Waals surface area contributed by atoms with E-state index in [1.165, 1.54) is 48.8 Å². The van der Waals surface area contributed by atoms with Gasteiger partial charge in [0, 0.05) is 24.2 Å². The van der Waals surface area contributed by atoms with Gasteiger partial charge >= 0.3 is 0 Å². The first-order valence-corrected chi connectivity index (χ1v) is 14.7. The number of rotatable bonds is 11. The Morgan fingerprint density at radius 1 is 1.13 bits per heavy atom. The van der Waals surface area contributed by atoms with E-state index < -0.39 is 5.60 Å². The Morgan fingerprint density at radius 2 is 1.95 bits per heavy atom. The fourth-order valence-corrected chi connectivity index (χ4v) is 8.45. The first-order chi connectivity index (χ1) is 18.5. The van der Waals surface area contributed by atoms with Crippen LogP contribution in [0.4, 0.5) is 0 Å². The van der Waals surface area contributed by atoms with Crippen molar-refractivity contribution in [3.63, 3.8) is 0 Å². The van der Waals surface area contributed by atoms with Crippen molar-refractivity contribution >= 4 is 0 Å². The third-order valence-corrected chi connectivity index (χ3v) is 10.2. The lowest BCUT2D eigenvalue weighted by Crippen LogP contribution is -2.78. The molecule has 2 aromatic carbocycles. The van der Waals surface area contributed by atoms with Crippen LogP contribution in [-0.4, -0.2) is 72.5 Å². The summed E-state index contributed by atoms with van der Waals surface area (Å²) in [7, 11) is 4.00. The van der Waals surface area contributed by atoms with Crippen LogP contribution >= 0.6 is 0 Å². The largest absolute Gasteiger partial charge is 0.493 e. The lowest BCUT2D eigenvalue weighted by molar-refractivity contribution is -0.197. The Kier molecular flexibility index (Phi) is 7.04. The highest BCUT2D eigenvalue weighted by Crippen LogP contribution is 2.65. The molecule has 2 aliphatic heterocycles. The molecule has 2 heterocycles. The molecule has 0 amide bonds. The minimum Gasteiger partial charge on any atom is -0.493 e. The number of unbranched alkanes of at least 4 members (excludes halogenated alkanes) is 3. The predicted octanol–water partition coefficient (Wildman–Crippen LogP) is 5.14. The molecule has 2 aromatic rings. The molecule has 0 radical (unpaired) electrons. The minimum atomic E-state index is -0.793. The number of hydrogen-bond acceptors (Lipinski definition) is 5.